The summed E-state index contributed by atoms with van der Waals surface area (Å²) < 4.78 is 0. The Kier molecular flexibility index (Phi) is 4.52. The molecule has 0 spiro atoms. The lowest BCUT2D eigenvalue weighted by Gasteiger charge is -2.36. The van der Waals surface area contributed by atoms with Crippen LogP contribution in [0.4, 0.5) is 5.82 Å². The number of benzene rings is 1. The summed E-state index contributed by atoms with van der Waals surface area (Å²) in [5.41, 5.74) is 1.12. The number of nitrogens with zero attached hydrogens (tertiary/aromatic N) is 3. The van der Waals surface area contributed by atoms with Crippen molar-refractivity contribution in [3.8, 4) is 11.4 Å². The van der Waals surface area contributed by atoms with Gasteiger partial charge in [0.05, 0.1) is 0 Å². The maximum Gasteiger partial charge on any atom is 0.163 e. The Morgan fingerprint density at radius 1 is 1.10 bits per heavy atom. The fraction of sp³-hybridized carbons (Fsp3) is 0.412. The van der Waals surface area contributed by atoms with Crippen LogP contribution in [0, 0.1) is 5.41 Å². The molecule has 0 saturated heterocycles. The summed E-state index contributed by atoms with van der Waals surface area (Å²) in [6, 6.07) is 12.0. The molecule has 1 atom stereocenters. The Hall–Kier alpha value is -1.61. The van der Waals surface area contributed by atoms with Gasteiger partial charge < -0.3 is 4.90 Å². The molecule has 2 aromatic rings. The average molecular weight is 304 g/mol. The fourth-order valence-corrected chi connectivity index (χ4v) is 2.26. The molecule has 0 aliphatic rings. The van der Waals surface area contributed by atoms with Crippen LogP contribution in [0.2, 0.25) is 5.15 Å². The average Bonchev–Trinajstić information content (AvgIpc) is 2.45. The van der Waals surface area contributed by atoms with E-state index in [1.807, 2.05) is 43.4 Å². The van der Waals surface area contributed by atoms with Crippen LogP contribution in [0.1, 0.15) is 27.7 Å². The molecule has 0 bridgehead atoms. The van der Waals surface area contributed by atoms with Gasteiger partial charge in [-0.05, 0) is 12.3 Å². The van der Waals surface area contributed by atoms with Crippen molar-refractivity contribution in [3.63, 3.8) is 0 Å². The highest BCUT2D eigenvalue weighted by atomic mass is 35.5. The largest absolute Gasteiger partial charge is 0.356 e. The Labute approximate surface area is 132 Å². The summed E-state index contributed by atoms with van der Waals surface area (Å²) in [7, 11) is 2.04. The van der Waals surface area contributed by atoms with Gasteiger partial charge in [0.15, 0.2) is 5.82 Å². The van der Waals surface area contributed by atoms with Gasteiger partial charge >= 0.3 is 0 Å². The molecule has 0 radical (unpaired) electrons. The minimum Gasteiger partial charge on any atom is -0.356 e. The van der Waals surface area contributed by atoms with Gasteiger partial charge in [0, 0.05) is 24.7 Å². The second-order valence-corrected chi connectivity index (χ2v) is 6.78. The van der Waals surface area contributed by atoms with Crippen molar-refractivity contribution in [1.29, 1.82) is 0 Å². The molecule has 112 valence electrons. The SMILES string of the molecule is CC(N(C)c1cc(Cl)nc(-c2ccccc2)n1)C(C)(C)C. The fourth-order valence-electron chi connectivity index (χ4n) is 2.08. The van der Waals surface area contributed by atoms with Crippen molar-refractivity contribution in [2.45, 2.75) is 33.7 Å². The van der Waals surface area contributed by atoms with E-state index < -0.39 is 0 Å². The third-order valence-electron chi connectivity index (χ3n) is 3.91. The first-order valence-corrected chi connectivity index (χ1v) is 7.49. The summed E-state index contributed by atoms with van der Waals surface area (Å²) in [6.07, 6.45) is 0. The van der Waals surface area contributed by atoms with Crippen molar-refractivity contribution in [2.75, 3.05) is 11.9 Å². The summed E-state index contributed by atoms with van der Waals surface area (Å²) >= 11 is 6.19. The first-order valence-electron chi connectivity index (χ1n) is 7.12. The van der Waals surface area contributed by atoms with Gasteiger partial charge in [-0.15, -0.1) is 0 Å². The molecule has 1 aromatic carbocycles. The number of hydrogen-bond donors (Lipinski definition) is 0. The van der Waals surface area contributed by atoms with E-state index in [0.717, 1.165) is 11.4 Å². The predicted molar refractivity (Wildman–Crippen MR) is 89.8 cm³/mol. The summed E-state index contributed by atoms with van der Waals surface area (Å²) in [5, 5.41) is 0.465. The van der Waals surface area contributed by atoms with Crippen LogP contribution < -0.4 is 4.90 Å². The van der Waals surface area contributed by atoms with Crippen LogP contribution in [0.25, 0.3) is 11.4 Å². The highest BCUT2D eigenvalue weighted by molar-refractivity contribution is 6.29. The summed E-state index contributed by atoms with van der Waals surface area (Å²) in [5.74, 6) is 1.50. The number of aromatic nitrogens is 2. The van der Waals surface area contributed by atoms with Gasteiger partial charge in [0.1, 0.15) is 11.0 Å². The van der Waals surface area contributed by atoms with Crippen LogP contribution in [-0.4, -0.2) is 23.1 Å². The standard InChI is InChI=1S/C17H22ClN3/c1-12(17(2,3)4)21(5)15-11-14(18)19-16(20-15)13-9-7-6-8-10-13/h6-12H,1-5H3. The van der Waals surface area contributed by atoms with Gasteiger partial charge in [-0.25, -0.2) is 9.97 Å². The van der Waals surface area contributed by atoms with E-state index in [4.69, 9.17) is 11.6 Å². The molecule has 0 aliphatic heterocycles. The summed E-state index contributed by atoms with van der Waals surface area (Å²) in [6.45, 7) is 8.84. The lowest BCUT2D eigenvalue weighted by atomic mass is 9.87. The van der Waals surface area contributed by atoms with Crippen LogP contribution in [0.5, 0.6) is 0 Å². The molecule has 0 aliphatic carbocycles. The molecule has 3 nitrogen and oxygen atoms in total. The predicted octanol–water partition coefficient (Wildman–Crippen LogP) is 4.67. The van der Waals surface area contributed by atoms with E-state index in [9.17, 15) is 0 Å². The maximum atomic E-state index is 6.19. The van der Waals surface area contributed by atoms with Crippen molar-refractivity contribution < 1.29 is 0 Å². The van der Waals surface area contributed by atoms with Crippen molar-refractivity contribution in [2.24, 2.45) is 5.41 Å². The molecular formula is C17H22ClN3. The molecule has 1 unspecified atom stereocenters. The van der Waals surface area contributed by atoms with E-state index in [1.54, 1.807) is 0 Å². The maximum absolute atomic E-state index is 6.19. The van der Waals surface area contributed by atoms with E-state index in [0.29, 0.717) is 17.0 Å². The molecule has 2 rings (SSSR count). The van der Waals surface area contributed by atoms with Gasteiger partial charge in [-0.2, -0.15) is 0 Å². The van der Waals surface area contributed by atoms with Crippen molar-refractivity contribution >= 4 is 17.4 Å². The van der Waals surface area contributed by atoms with E-state index in [-0.39, 0.29) is 5.41 Å². The summed E-state index contributed by atoms with van der Waals surface area (Å²) in [4.78, 5) is 11.2. The lowest BCUT2D eigenvalue weighted by Crippen LogP contribution is -2.39. The zero-order valence-corrected chi connectivity index (χ0v) is 14.0. The minimum atomic E-state index is 0.152. The van der Waals surface area contributed by atoms with Crippen LogP contribution in [-0.2, 0) is 0 Å². The molecule has 4 heteroatoms. The number of halogens is 1. The van der Waals surface area contributed by atoms with Crippen LogP contribution >= 0.6 is 11.6 Å². The quantitative estimate of drug-likeness (QED) is 0.772. The first kappa shape index (κ1) is 15.8. The number of hydrogen-bond acceptors (Lipinski definition) is 3. The minimum absolute atomic E-state index is 0.152. The molecular weight excluding hydrogens is 282 g/mol. The Morgan fingerprint density at radius 3 is 2.29 bits per heavy atom. The van der Waals surface area contributed by atoms with E-state index in [1.165, 1.54) is 0 Å². The van der Waals surface area contributed by atoms with Gasteiger partial charge in [-0.3, -0.25) is 0 Å². The van der Waals surface area contributed by atoms with Gasteiger partial charge in [0.2, 0.25) is 0 Å². The molecule has 0 fully saturated rings. The molecule has 1 heterocycles. The van der Waals surface area contributed by atoms with E-state index in [2.05, 4.69) is 42.6 Å². The lowest BCUT2D eigenvalue weighted by molar-refractivity contribution is 0.328. The second-order valence-electron chi connectivity index (χ2n) is 6.39. The molecule has 0 saturated carbocycles. The van der Waals surface area contributed by atoms with Crippen molar-refractivity contribution in [1.82, 2.24) is 9.97 Å². The van der Waals surface area contributed by atoms with E-state index >= 15 is 0 Å². The topological polar surface area (TPSA) is 29.0 Å². The molecule has 0 amide bonds. The Bertz CT molecular complexity index is 605. The third kappa shape index (κ3) is 3.73. The van der Waals surface area contributed by atoms with Crippen LogP contribution in [0.3, 0.4) is 0 Å². The molecule has 21 heavy (non-hydrogen) atoms. The Morgan fingerprint density at radius 2 is 1.71 bits per heavy atom. The van der Waals surface area contributed by atoms with Gasteiger partial charge in [0.25, 0.3) is 0 Å². The second kappa shape index (κ2) is 6.02. The highest BCUT2D eigenvalue weighted by Crippen LogP contribution is 2.28. The smallest absolute Gasteiger partial charge is 0.163 e. The van der Waals surface area contributed by atoms with Crippen molar-refractivity contribution in [3.05, 3.63) is 41.6 Å². The number of rotatable bonds is 3. The molecule has 1 aromatic heterocycles. The first-order chi connectivity index (χ1) is 9.79. The van der Waals surface area contributed by atoms with Crippen LogP contribution in [0.15, 0.2) is 36.4 Å². The zero-order valence-electron chi connectivity index (χ0n) is 13.3. The normalized spacial score (nSPS) is 13.0. The monoisotopic (exact) mass is 303 g/mol. The zero-order chi connectivity index (χ0) is 15.6. The third-order valence-corrected chi connectivity index (χ3v) is 4.10. The Balaban J connectivity index is 2.40. The molecule has 0 N–H and O–H groups in total. The number of anilines is 1. The highest BCUT2D eigenvalue weighted by Gasteiger charge is 2.25. The van der Waals surface area contributed by atoms with Gasteiger partial charge in [-0.1, -0.05) is 62.7 Å².